The molecule has 0 bridgehead atoms. The van der Waals surface area contributed by atoms with Crippen LogP contribution >= 0.6 is 0 Å². The Kier molecular flexibility index (Phi) is 6.82. The van der Waals surface area contributed by atoms with Gasteiger partial charge in [0.15, 0.2) is 5.71 Å². The average molecular weight is 395 g/mol. The van der Waals surface area contributed by atoms with Gasteiger partial charge in [0.1, 0.15) is 13.6 Å². The maximum Gasteiger partial charge on any atom is 0.204 e. The Morgan fingerprint density at radius 3 is 2.46 bits per heavy atom. The molecule has 0 saturated carbocycles. The van der Waals surface area contributed by atoms with Crippen LogP contribution in [0.2, 0.25) is 0 Å². The molecule has 0 heterocycles. The Balaban J connectivity index is 2.49. The normalized spacial score (nSPS) is 15.7. The second-order valence-corrected chi connectivity index (χ2v) is 8.65. The number of rotatable bonds is 6. The van der Waals surface area contributed by atoms with E-state index >= 15 is 0 Å². The first-order valence-electron chi connectivity index (χ1n) is 8.28. The van der Waals surface area contributed by atoms with Gasteiger partial charge in [0.2, 0.25) is 8.77 Å². The van der Waals surface area contributed by atoms with Crippen LogP contribution in [0.3, 0.4) is 0 Å². The predicted molar refractivity (Wildman–Crippen MR) is 110 cm³/mol. The summed E-state index contributed by atoms with van der Waals surface area (Å²) >= 11 is 4.94. The zero-order valence-electron chi connectivity index (χ0n) is 15.4. The fraction of sp³-hybridized carbons (Fsp3) is 0.333. The Morgan fingerprint density at radius 2 is 1.92 bits per heavy atom. The molecule has 1 aromatic carbocycles. The third kappa shape index (κ3) is 4.64. The molecule has 1 aliphatic carbocycles. The van der Waals surface area contributed by atoms with Gasteiger partial charge in [-0.25, -0.2) is 19.0 Å². The van der Waals surface area contributed by atoms with Crippen molar-refractivity contribution >= 4 is 42.8 Å². The third-order valence-corrected chi connectivity index (χ3v) is 6.02. The topological polar surface area (TPSA) is 65.1 Å². The molecule has 140 valence electrons. The van der Waals surface area contributed by atoms with Crippen LogP contribution in [-0.4, -0.2) is 52.6 Å². The van der Waals surface area contributed by atoms with Gasteiger partial charge in [-0.15, -0.1) is 4.33 Å². The van der Waals surface area contributed by atoms with Crippen LogP contribution in [0.4, 0.5) is 11.4 Å². The minimum Gasteiger partial charge on any atom is -0.375 e. The van der Waals surface area contributed by atoms with Crippen molar-refractivity contribution in [3.63, 3.8) is 0 Å². The largest absolute Gasteiger partial charge is 0.375 e. The molecule has 0 amide bonds. The number of aliphatic imine (C=N–C) groups is 1. The first kappa shape index (κ1) is 20.4. The highest BCUT2D eigenvalue weighted by Gasteiger charge is 2.18. The molecule has 26 heavy (non-hydrogen) atoms. The SMILES string of the molecule is CCN(C)c1ccc(N=C2C=CC(=[N+](C)CC)C=C2)c(S(=O)(=S)OO)c1. The second-order valence-electron chi connectivity index (χ2n) is 5.84. The van der Waals surface area contributed by atoms with E-state index in [1.807, 2.05) is 56.3 Å². The summed E-state index contributed by atoms with van der Waals surface area (Å²) in [7, 11) is 0.440. The molecule has 0 aromatic heterocycles. The number of hydrogen-bond acceptors (Lipinski definition) is 6. The van der Waals surface area contributed by atoms with Crippen molar-refractivity contribution in [3.05, 3.63) is 42.5 Å². The van der Waals surface area contributed by atoms with Gasteiger partial charge in [-0.3, -0.25) is 0 Å². The molecule has 1 unspecified atom stereocenters. The lowest BCUT2D eigenvalue weighted by Crippen LogP contribution is -2.16. The van der Waals surface area contributed by atoms with Crippen molar-refractivity contribution in [1.29, 1.82) is 0 Å². The summed E-state index contributed by atoms with van der Waals surface area (Å²) in [6.07, 6.45) is 7.69. The number of benzene rings is 1. The van der Waals surface area contributed by atoms with E-state index in [-0.39, 0.29) is 4.90 Å². The summed E-state index contributed by atoms with van der Waals surface area (Å²) in [4.78, 5) is 6.68. The fourth-order valence-corrected chi connectivity index (χ4v) is 3.47. The first-order valence-corrected chi connectivity index (χ1v) is 10.7. The van der Waals surface area contributed by atoms with Crippen LogP contribution in [0.1, 0.15) is 13.8 Å². The Morgan fingerprint density at radius 1 is 1.27 bits per heavy atom. The molecule has 0 radical (unpaired) electrons. The van der Waals surface area contributed by atoms with E-state index in [0.717, 1.165) is 24.5 Å². The summed E-state index contributed by atoms with van der Waals surface area (Å²) in [5.74, 6) is 0. The predicted octanol–water partition coefficient (Wildman–Crippen LogP) is 2.95. The van der Waals surface area contributed by atoms with Crippen LogP contribution < -0.4 is 4.90 Å². The van der Waals surface area contributed by atoms with E-state index in [1.165, 1.54) is 0 Å². The zero-order valence-corrected chi connectivity index (χ0v) is 17.0. The molecule has 0 spiro atoms. The Labute approximate surface area is 159 Å². The summed E-state index contributed by atoms with van der Waals surface area (Å²) in [5.41, 5.74) is 3.00. The molecular formula is C18H24N3O3S2+. The smallest absolute Gasteiger partial charge is 0.204 e. The lowest BCUT2D eigenvalue weighted by molar-refractivity contribution is -0.491. The summed E-state index contributed by atoms with van der Waals surface area (Å²) in [6.45, 7) is 5.74. The highest BCUT2D eigenvalue weighted by molar-refractivity contribution is 8.30. The van der Waals surface area contributed by atoms with Crippen LogP contribution in [0.25, 0.3) is 0 Å². The van der Waals surface area contributed by atoms with Gasteiger partial charge in [0.05, 0.1) is 16.3 Å². The minimum absolute atomic E-state index is 0.183. The van der Waals surface area contributed by atoms with Crippen LogP contribution in [0.5, 0.6) is 0 Å². The van der Waals surface area contributed by atoms with E-state index < -0.39 is 8.77 Å². The summed E-state index contributed by atoms with van der Waals surface area (Å²) in [5, 5.41) is 9.01. The van der Waals surface area contributed by atoms with E-state index in [9.17, 15) is 4.21 Å². The number of nitrogens with zero attached hydrogens (tertiary/aromatic N) is 3. The van der Waals surface area contributed by atoms with Gasteiger partial charge in [-0.2, -0.15) is 0 Å². The molecule has 8 heteroatoms. The molecule has 0 fully saturated rings. The van der Waals surface area contributed by atoms with Crippen molar-refractivity contribution in [2.45, 2.75) is 18.7 Å². The van der Waals surface area contributed by atoms with Crippen LogP contribution in [0.15, 0.2) is 52.4 Å². The Bertz CT molecular complexity index is 882. The maximum absolute atomic E-state index is 12.5. The molecule has 1 aromatic rings. The lowest BCUT2D eigenvalue weighted by Gasteiger charge is -2.18. The van der Waals surface area contributed by atoms with Crippen molar-refractivity contribution in [2.75, 3.05) is 32.1 Å². The minimum atomic E-state index is -3.48. The van der Waals surface area contributed by atoms with Crippen molar-refractivity contribution in [2.24, 2.45) is 4.99 Å². The summed E-state index contributed by atoms with van der Waals surface area (Å²) in [6, 6.07) is 5.24. The standard InChI is InChI=1S/C18H23N3O3S2/c1-5-20(3)15-9-7-14(8-10-15)19-17-12-11-16(21(4)6-2)13-18(17)26(23,25)24-22/h7-13H,5-6H2,1-4H3/p+1. The number of allylic oxidation sites excluding steroid dienone is 4. The van der Waals surface area contributed by atoms with Crippen LogP contribution in [0, 0.1) is 0 Å². The molecule has 1 atom stereocenters. The van der Waals surface area contributed by atoms with Crippen molar-refractivity contribution in [3.8, 4) is 0 Å². The van der Waals surface area contributed by atoms with Gasteiger partial charge < -0.3 is 4.90 Å². The molecule has 2 rings (SSSR count). The highest BCUT2D eigenvalue weighted by atomic mass is 32.8. The molecule has 1 N–H and O–H groups in total. The summed E-state index contributed by atoms with van der Waals surface area (Å²) < 4.78 is 18.7. The van der Waals surface area contributed by atoms with Crippen molar-refractivity contribution in [1.82, 2.24) is 0 Å². The van der Waals surface area contributed by atoms with E-state index in [4.69, 9.17) is 16.4 Å². The van der Waals surface area contributed by atoms with Gasteiger partial charge in [0, 0.05) is 42.6 Å². The third-order valence-electron chi connectivity index (χ3n) is 4.24. The molecule has 1 aliphatic rings. The molecule has 0 aliphatic heterocycles. The Hall–Kier alpha value is -1.87. The van der Waals surface area contributed by atoms with Crippen LogP contribution in [-0.2, 0) is 24.3 Å². The second kappa shape index (κ2) is 8.68. The van der Waals surface area contributed by atoms with Gasteiger partial charge in [0.25, 0.3) is 0 Å². The molecule has 6 nitrogen and oxygen atoms in total. The molecular weight excluding hydrogens is 370 g/mol. The quantitative estimate of drug-likeness (QED) is 0.348. The van der Waals surface area contributed by atoms with E-state index in [1.54, 1.807) is 12.1 Å². The lowest BCUT2D eigenvalue weighted by atomic mass is 10.1. The van der Waals surface area contributed by atoms with E-state index in [0.29, 0.717) is 11.4 Å². The number of hydrogen-bond donors (Lipinski definition) is 1. The zero-order chi connectivity index (χ0) is 19.3. The monoisotopic (exact) mass is 394 g/mol. The first-order chi connectivity index (χ1) is 12.3. The maximum atomic E-state index is 12.5. The van der Waals surface area contributed by atoms with Gasteiger partial charge in [-0.05, 0) is 44.2 Å². The highest BCUT2D eigenvalue weighted by Crippen LogP contribution is 2.30. The van der Waals surface area contributed by atoms with Gasteiger partial charge in [-0.1, -0.05) is 0 Å². The fourth-order valence-electron chi connectivity index (χ4n) is 2.36. The van der Waals surface area contributed by atoms with Crippen molar-refractivity contribution < 1.29 is 18.4 Å². The average Bonchev–Trinajstić information content (AvgIpc) is 2.67. The van der Waals surface area contributed by atoms with Gasteiger partial charge >= 0.3 is 0 Å². The van der Waals surface area contributed by atoms with E-state index in [2.05, 4.69) is 20.8 Å². The molecule has 0 saturated heterocycles. The number of anilines is 1.